The molecule has 0 saturated heterocycles. The summed E-state index contributed by atoms with van der Waals surface area (Å²) in [4.78, 5) is 0. The molecule has 0 radical (unpaired) electrons. The van der Waals surface area contributed by atoms with Crippen molar-refractivity contribution in [1.29, 1.82) is 0 Å². The van der Waals surface area contributed by atoms with Gasteiger partial charge in [-0.05, 0) is 12.1 Å². The Morgan fingerprint density at radius 3 is 1.94 bits per heavy atom. The highest BCUT2D eigenvalue weighted by Crippen LogP contribution is 2.41. The molecule has 1 atom stereocenters. The molecule has 1 nitrogen and oxygen atoms in total. The molecule has 0 aromatic heterocycles. The summed E-state index contributed by atoms with van der Waals surface area (Å²) in [5, 5.41) is -0.863. The van der Waals surface area contributed by atoms with Crippen LogP contribution < -0.4 is 5.73 Å². The molecule has 1 aromatic carbocycles. The zero-order valence-electron chi connectivity index (χ0n) is 8.33. The summed E-state index contributed by atoms with van der Waals surface area (Å²) >= 11 is 5.16. The van der Waals surface area contributed by atoms with Gasteiger partial charge in [0.25, 0.3) is 0 Å². The van der Waals surface area contributed by atoms with Crippen LogP contribution >= 0.6 is 11.6 Å². The van der Waals surface area contributed by atoms with Crippen LogP contribution in [0.15, 0.2) is 12.1 Å². The lowest BCUT2D eigenvalue weighted by Gasteiger charge is -2.21. The van der Waals surface area contributed by atoms with Crippen LogP contribution in [-0.4, -0.2) is 6.18 Å². The monoisotopic (exact) mass is 295 g/mol. The summed E-state index contributed by atoms with van der Waals surface area (Å²) in [7, 11) is 0. The summed E-state index contributed by atoms with van der Waals surface area (Å²) in [6.45, 7) is 0. The van der Waals surface area contributed by atoms with E-state index in [2.05, 4.69) is 5.73 Å². The van der Waals surface area contributed by atoms with Crippen molar-refractivity contribution < 1.29 is 30.7 Å². The van der Waals surface area contributed by atoms with Crippen molar-refractivity contribution in [2.24, 2.45) is 5.73 Å². The maximum Gasteiger partial charge on any atom is 0.416 e. The number of benzene rings is 1. The summed E-state index contributed by atoms with van der Waals surface area (Å²) in [5.41, 5.74) is 1.11. The highest BCUT2D eigenvalue weighted by molar-refractivity contribution is 6.30. The van der Waals surface area contributed by atoms with Crippen LogP contribution in [0.2, 0.25) is 5.02 Å². The van der Waals surface area contributed by atoms with Crippen molar-refractivity contribution in [1.82, 2.24) is 0 Å². The highest BCUT2D eigenvalue weighted by atomic mass is 35.5. The Morgan fingerprint density at radius 2 is 1.56 bits per heavy atom. The van der Waals surface area contributed by atoms with Crippen molar-refractivity contribution in [3.05, 3.63) is 34.1 Å². The zero-order valence-corrected chi connectivity index (χ0v) is 9.09. The third kappa shape index (κ3) is 2.86. The minimum atomic E-state index is -5.22. The summed E-state index contributed by atoms with van der Waals surface area (Å²) in [6, 6.07) is -2.33. The van der Waals surface area contributed by atoms with Crippen molar-refractivity contribution in [3.8, 4) is 0 Å². The van der Waals surface area contributed by atoms with E-state index < -0.39 is 40.4 Å². The SMILES string of the molecule is N[C@H](c1c(C(F)(F)F)ccc(Cl)c1F)C(F)(F)F. The van der Waals surface area contributed by atoms with Crippen molar-refractivity contribution in [2.45, 2.75) is 18.4 Å². The maximum atomic E-state index is 13.4. The Morgan fingerprint density at radius 1 is 1.06 bits per heavy atom. The van der Waals surface area contributed by atoms with Gasteiger partial charge in [0.15, 0.2) is 0 Å². The van der Waals surface area contributed by atoms with Gasteiger partial charge in [0.05, 0.1) is 10.6 Å². The van der Waals surface area contributed by atoms with E-state index in [1.807, 2.05) is 0 Å². The van der Waals surface area contributed by atoms with Gasteiger partial charge >= 0.3 is 12.4 Å². The summed E-state index contributed by atoms with van der Waals surface area (Å²) in [5.74, 6) is -1.82. The fourth-order valence-electron chi connectivity index (χ4n) is 1.28. The molecule has 0 fully saturated rings. The first-order valence-corrected chi connectivity index (χ1v) is 4.71. The molecular weight excluding hydrogens is 291 g/mol. The molecule has 0 amide bonds. The predicted octanol–water partition coefficient (Wildman–Crippen LogP) is 4.06. The van der Waals surface area contributed by atoms with Crippen LogP contribution in [0.3, 0.4) is 0 Å². The molecule has 0 aliphatic heterocycles. The molecule has 0 aliphatic carbocycles. The van der Waals surface area contributed by atoms with Gasteiger partial charge in [0, 0.05) is 5.56 Å². The standard InChI is InChI=1S/C9H5ClF7N/c10-4-2-1-3(8(12,13)14)5(6(4)11)7(18)9(15,16)17/h1-2,7H,18H2/t7-/m1/s1. The van der Waals surface area contributed by atoms with Crippen molar-refractivity contribution in [2.75, 3.05) is 0 Å². The number of alkyl halides is 6. The van der Waals surface area contributed by atoms with E-state index in [0.29, 0.717) is 6.07 Å². The van der Waals surface area contributed by atoms with E-state index in [0.717, 1.165) is 0 Å². The minimum Gasteiger partial charge on any atom is -0.316 e. The third-order valence-corrected chi connectivity index (χ3v) is 2.39. The topological polar surface area (TPSA) is 26.0 Å². The smallest absolute Gasteiger partial charge is 0.316 e. The largest absolute Gasteiger partial charge is 0.416 e. The van der Waals surface area contributed by atoms with Gasteiger partial charge < -0.3 is 5.73 Å². The lowest BCUT2D eigenvalue weighted by molar-refractivity contribution is -0.156. The van der Waals surface area contributed by atoms with Gasteiger partial charge in [-0.1, -0.05) is 11.6 Å². The molecule has 0 heterocycles. The third-order valence-electron chi connectivity index (χ3n) is 2.10. The molecule has 0 unspecified atom stereocenters. The molecular formula is C9H5ClF7N. The molecule has 102 valence electrons. The Hall–Kier alpha value is -1.02. The van der Waals surface area contributed by atoms with E-state index in [9.17, 15) is 30.7 Å². The fourth-order valence-corrected chi connectivity index (χ4v) is 1.45. The van der Waals surface area contributed by atoms with Gasteiger partial charge in [-0.3, -0.25) is 0 Å². The summed E-state index contributed by atoms with van der Waals surface area (Å²) in [6.07, 6.45) is -10.4. The van der Waals surface area contributed by atoms with E-state index in [1.54, 1.807) is 0 Å². The van der Waals surface area contributed by atoms with Gasteiger partial charge in [0.1, 0.15) is 11.9 Å². The Bertz CT molecular complexity index is 451. The van der Waals surface area contributed by atoms with Crippen molar-refractivity contribution in [3.63, 3.8) is 0 Å². The lowest BCUT2D eigenvalue weighted by Crippen LogP contribution is -2.31. The van der Waals surface area contributed by atoms with Gasteiger partial charge in [-0.15, -0.1) is 0 Å². The summed E-state index contributed by atoms with van der Waals surface area (Å²) < 4.78 is 87.7. The maximum absolute atomic E-state index is 13.4. The second kappa shape index (κ2) is 4.58. The molecule has 0 saturated carbocycles. The quantitative estimate of drug-likeness (QED) is 0.777. The molecule has 1 aromatic rings. The molecule has 0 aliphatic rings. The van der Waals surface area contributed by atoms with E-state index in [1.165, 1.54) is 0 Å². The molecule has 18 heavy (non-hydrogen) atoms. The normalized spacial score (nSPS) is 14.7. The van der Waals surface area contributed by atoms with Crippen LogP contribution in [-0.2, 0) is 6.18 Å². The second-order valence-corrected chi connectivity index (χ2v) is 3.75. The van der Waals surface area contributed by atoms with E-state index in [-0.39, 0.29) is 6.07 Å². The van der Waals surface area contributed by atoms with Crippen LogP contribution in [0.1, 0.15) is 17.2 Å². The first-order chi connectivity index (χ1) is 7.96. The van der Waals surface area contributed by atoms with Gasteiger partial charge in [-0.2, -0.15) is 26.3 Å². The Labute approximate surface area is 101 Å². The minimum absolute atomic E-state index is 0.256. The number of halogens is 8. The number of hydrogen-bond acceptors (Lipinski definition) is 1. The average Bonchev–Trinajstić information content (AvgIpc) is 2.17. The van der Waals surface area contributed by atoms with Crippen LogP contribution in [0.5, 0.6) is 0 Å². The van der Waals surface area contributed by atoms with Crippen LogP contribution in [0.4, 0.5) is 30.7 Å². The number of rotatable bonds is 1. The fraction of sp³-hybridized carbons (Fsp3) is 0.333. The second-order valence-electron chi connectivity index (χ2n) is 3.34. The van der Waals surface area contributed by atoms with Crippen LogP contribution in [0.25, 0.3) is 0 Å². The molecule has 1 rings (SSSR count). The molecule has 2 N–H and O–H groups in total. The van der Waals surface area contributed by atoms with E-state index in [4.69, 9.17) is 11.6 Å². The molecule has 9 heteroatoms. The van der Waals surface area contributed by atoms with E-state index >= 15 is 0 Å². The number of nitrogens with two attached hydrogens (primary N) is 1. The van der Waals surface area contributed by atoms with Gasteiger partial charge in [0.2, 0.25) is 0 Å². The highest BCUT2D eigenvalue weighted by Gasteiger charge is 2.45. The Balaban J connectivity index is 3.53. The average molecular weight is 296 g/mol. The Kier molecular flexibility index (Phi) is 3.83. The van der Waals surface area contributed by atoms with Crippen LogP contribution in [0, 0.1) is 5.82 Å². The molecule has 0 spiro atoms. The number of hydrogen-bond donors (Lipinski definition) is 1. The molecule has 0 bridgehead atoms. The first kappa shape index (κ1) is 15.0. The first-order valence-electron chi connectivity index (χ1n) is 4.33. The predicted molar refractivity (Wildman–Crippen MR) is 49.4 cm³/mol. The van der Waals surface area contributed by atoms with Crippen molar-refractivity contribution >= 4 is 11.6 Å². The zero-order chi connectivity index (χ0) is 14.3. The lowest BCUT2D eigenvalue weighted by atomic mass is 9.99. The van der Waals surface area contributed by atoms with Gasteiger partial charge in [-0.25, -0.2) is 4.39 Å².